The van der Waals surface area contributed by atoms with Crippen molar-refractivity contribution < 1.29 is 38.5 Å². The van der Waals surface area contributed by atoms with E-state index in [4.69, 9.17) is 19.9 Å². The number of carbonyl (C=O) groups excluding carboxylic acids is 2. The number of aromatic nitrogens is 4. The molecule has 0 aliphatic heterocycles. The van der Waals surface area contributed by atoms with Crippen LogP contribution in [0.2, 0.25) is 0 Å². The minimum absolute atomic E-state index is 0. The van der Waals surface area contributed by atoms with Gasteiger partial charge in [-0.25, -0.2) is 8.78 Å². The molecule has 0 aliphatic rings. The third kappa shape index (κ3) is 16.2. The molecule has 0 aliphatic carbocycles. The molecule has 0 amide bonds. The first-order valence-corrected chi connectivity index (χ1v) is 47.1. The summed E-state index contributed by atoms with van der Waals surface area (Å²) in [6.45, 7) is 2.81. The number of rotatable bonds is 16. The summed E-state index contributed by atoms with van der Waals surface area (Å²) in [6.07, 6.45) is 3.66. The Kier molecular flexibility index (Phi) is 23.3. The van der Waals surface area contributed by atoms with E-state index >= 15 is 0 Å². The molecule has 2 heterocycles. The fourth-order valence-electron chi connectivity index (χ4n) is 20.5. The van der Waals surface area contributed by atoms with Gasteiger partial charge in [0.15, 0.2) is 0 Å². The number of Topliss-reactive ketones (excluding diaryl/α,β-unsaturated/α-hetero) is 2. The van der Waals surface area contributed by atoms with Gasteiger partial charge in [0.1, 0.15) is 23.2 Å². The first kappa shape index (κ1) is 88.1. The first-order chi connectivity index (χ1) is 69.4. The van der Waals surface area contributed by atoms with Gasteiger partial charge >= 0.3 is 20.1 Å². The molecule has 0 saturated heterocycles. The Morgan fingerprint density at radius 1 is 0.239 bits per heavy atom. The summed E-state index contributed by atoms with van der Waals surface area (Å²) >= 11 is 0. The van der Waals surface area contributed by atoms with Gasteiger partial charge in [-0.15, -0.1) is 47.2 Å². The zero-order chi connectivity index (χ0) is 94.7. The second-order valence-electron chi connectivity index (χ2n) is 35.6. The Morgan fingerprint density at radius 2 is 0.493 bits per heavy atom. The number of hydrogen-bond acceptors (Lipinski definition) is 10. The van der Waals surface area contributed by atoms with Crippen molar-refractivity contribution in [3.63, 3.8) is 0 Å². The van der Waals surface area contributed by atoms with Crippen LogP contribution < -0.4 is 19.6 Å². The summed E-state index contributed by atoms with van der Waals surface area (Å²) in [5.74, 6) is -0.717. The van der Waals surface area contributed by atoms with Gasteiger partial charge in [-0.05, 0) is 257 Å². The summed E-state index contributed by atoms with van der Waals surface area (Å²) in [5.41, 5.74) is 18.3. The van der Waals surface area contributed by atoms with Gasteiger partial charge in [0, 0.05) is 102 Å². The van der Waals surface area contributed by atoms with E-state index in [1.54, 1.807) is 36.7 Å². The predicted octanol–water partition coefficient (Wildman–Crippen LogP) is 34.7. The number of para-hydroxylation sites is 4. The molecule has 0 atom stereocenters. The quantitative estimate of drug-likeness (QED) is 0.0528. The number of nitrogens with zero attached hydrogens (tertiary/aromatic N) is 8. The van der Waals surface area contributed by atoms with Crippen LogP contribution in [0.5, 0.6) is 0 Å². The number of fused-ring (bicyclic) bond motifs is 24. The van der Waals surface area contributed by atoms with Crippen molar-refractivity contribution >= 4 is 231 Å². The molecular formula is C129H84F2IrN8O2+. The molecule has 26 rings (SSSR count). The van der Waals surface area contributed by atoms with Crippen LogP contribution in [0.25, 0.3) is 174 Å². The monoisotopic (exact) mass is 2010 g/mol. The van der Waals surface area contributed by atoms with Crippen molar-refractivity contribution in [3.8, 4) is 22.5 Å². The van der Waals surface area contributed by atoms with E-state index in [1.807, 2.05) is 0 Å². The van der Waals surface area contributed by atoms with Crippen molar-refractivity contribution in [2.24, 2.45) is 0 Å². The smallest absolute Gasteiger partial charge is 0.351 e. The molecule has 26 aromatic rings. The number of hydrogen-bond donors (Lipinski definition) is 0. The predicted molar refractivity (Wildman–Crippen MR) is 582 cm³/mol. The van der Waals surface area contributed by atoms with E-state index in [-0.39, 0.29) is 49.7 Å². The van der Waals surface area contributed by atoms with E-state index < -0.39 is 0 Å². The second-order valence-corrected chi connectivity index (χ2v) is 35.6. The Balaban J connectivity index is 0.000000147. The average molecular weight is 2010 g/mol. The number of ketones is 2. The molecule has 24 aromatic carbocycles. The van der Waals surface area contributed by atoms with E-state index in [2.05, 4.69) is 432 Å². The van der Waals surface area contributed by atoms with Gasteiger partial charge in [-0.3, -0.25) is 19.6 Å². The SMILES string of the molecule is CC(=O)CC(C)=O.Fc1ccc(-c2cnc3c4[c-]cc(N(c5ccccc5)c5cc6ccccc6c6ccccc56)cc4c4cc(N(c5ccccc5)c5cc6ccccc6c6ccccc56)ccc4c3n2)cc1.Fc1ccc(-c2cnc3c4[c-]cc(N(c5ccccc5)c5cc6ccccc6c6ccccc56)cc4c4cc(N(c5ccccc5)c5cc6ccccc6c6ccccc56)ccc4c3n2)cc1.[Ir+3]. The Hall–Kier alpha value is -17.9. The van der Waals surface area contributed by atoms with E-state index in [1.165, 1.54) is 92.0 Å². The van der Waals surface area contributed by atoms with Crippen LogP contribution >= 0.6 is 0 Å². The summed E-state index contributed by atoms with van der Waals surface area (Å²) in [7, 11) is 0. The van der Waals surface area contributed by atoms with Gasteiger partial charge in [-0.1, -0.05) is 290 Å². The van der Waals surface area contributed by atoms with E-state index in [0.29, 0.717) is 11.4 Å². The molecule has 0 bridgehead atoms. The van der Waals surface area contributed by atoms with Gasteiger partial charge in [0.25, 0.3) is 0 Å². The molecule has 0 unspecified atom stereocenters. The van der Waals surface area contributed by atoms with Crippen LogP contribution in [0.1, 0.15) is 20.3 Å². The maximum atomic E-state index is 14.2. The van der Waals surface area contributed by atoms with E-state index in [0.717, 1.165) is 177 Å². The van der Waals surface area contributed by atoms with Gasteiger partial charge in [0.2, 0.25) is 0 Å². The van der Waals surface area contributed by atoms with Crippen molar-refractivity contribution in [1.82, 2.24) is 19.9 Å². The number of anilines is 12. The minimum atomic E-state index is -0.296. The second kappa shape index (κ2) is 37.6. The first-order valence-electron chi connectivity index (χ1n) is 47.1. The third-order valence-electron chi connectivity index (χ3n) is 26.8. The summed E-state index contributed by atoms with van der Waals surface area (Å²) in [4.78, 5) is 50.4. The summed E-state index contributed by atoms with van der Waals surface area (Å²) < 4.78 is 28.3. The molecule has 0 radical (unpaired) electrons. The Morgan fingerprint density at radius 3 is 0.775 bits per heavy atom. The number of benzene rings is 24. The van der Waals surface area contributed by atoms with Crippen LogP contribution in [0.15, 0.2) is 461 Å². The topological polar surface area (TPSA) is 98.7 Å². The van der Waals surface area contributed by atoms with Gasteiger partial charge in [0.05, 0.1) is 40.2 Å². The zero-order valence-corrected chi connectivity index (χ0v) is 79.5. The molecule has 13 heteroatoms. The largest absolute Gasteiger partial charge is 3.00 e. The molecule has 142 heavy (non-hydrogen) atoms. The molecule has 0 saturated carbocycles. The zero-order valence-electron chi connectivity index (χ0n) is 77.1. The van der Waals surface area contributed by atoms with Crippen LogP contribution in [0.4, 0.5) is 77.0 Å². The fourth-order valence-corrected chi connectivity index (χ4v) is 20.5. The fraction of sp³-hybridized carbons (Fsp3) is 0.0233. The van der Waals surface area contributed by atoms with Crippen molar-refractivity contribution in [3.05, 3.63) is 485 Å². The van der Waals surface area contributed by atoms with Crippen molar-refractivity contribution in [2.45, 2.75) is 20.3 Å². The molecule has 674 valence electrons. The molecule has 0 N–H and O–H groups in total. The Bertz CT molecular complexity index is 8930. The molecule has 2 aromatic heterocycles. The normalized spacial score (nSPS) is 11.4. The van der Waals surface area contributed by atoms with Crippen LogP contribution in [-0.4, -0.2) is 31.5 Å². The van der Waals surface area contributed by atoms with Crippen LogP contribution in [-0.2, 0) is 29.7 Å². The molecule has 10 nitrogen and oxygen atoms in total. The van der Waals surface area contributed by atoms with E-state index in [9.17, 15) is 18.4 Å². The third-order valence-corrected chi connectivity index (χ3v) is 26.8. The molecule has 0 fully saturated rings. The maximum absolute atomic E-state index is 14.2. The number of carbonyl (C=O) groups is 2. The molecular weight excluding hydrogens is 1920 g/mol. The van der Waals surface area contributed by atoms with Crippen LogP contribution in [0.3, 0.4) is 0 Å². The minimum Gasteiger partial charge on any atom is -0.351 e. The standard InChI is InChI=1S/2C62H38FN4.C5H8O2.Ir/c2*63-43-29-27-40(28-30-43)58-39-64-61-54-33-31-46(66(44-17-3-1-4-18-44)59-35-41-15-7-9-21-48(41)50-23-11-13-25-52(50)59)37-56(54)57-38-47(32-34-55(57)62(61)65-58)67(45-19-5-2-6-20-45)60-36-42-16-8-10-22-49(42)51-24-12-14-26-53(51)60;1-4(6)3-5(2)7;/h2*1-32,34-39H;3H2,1-2H3;/q2*-1;;+3. The number of halogens is 2. The van der Waals surface area contributed by atoms with Gasteiger partial charge < -0.3 is 29.6 Å². The maximum Gasteiger partial charge on any atom is 3.00 e. The van der Waals surface area contributed by atoms with Gasteiger partial charge in [-0.2, -0.15) is 0 Å². The molecule has 0 spiro atoms. The Labute approximate surface area is 830 Å². The summed E-state index contributed by atoms with van der Waals surface area (Å²) in [5, 5.41) is 26.5. The van der Waals surface area contributed by atoms with Crippen molar-refractivity contribution in [2.75, 3.05) is 19.6 Å². The van der Waals surface area contributed by atoms with Crippen LogP contribution in [0, 0.1) is 23.8 Å². The van der Waals surface area contributed by atoms with Crippen molar-refractivity contribution in [1.29, 1.82) is 0 Å². The average Bonchev–Trinajstić information content (AvgIpc) is 0.719. The summed E-state index contributed by atoms with van der Waals surface area (Å²) in [6, 6.07) is 163.